The largest absolute Gasteiger partial charge is 0.352 e. The zero-order valence-electron chi connectivity index (χ0n) is 16.9. The summed E-state index contributed by atoms with van der Waals surface area (Å²) in [6.45, 7) is 5.83. The zero-order valence-corrected chi connectivity index (χ0v) is 18.5. The molecule has 1 saturated heterocycles. The van der Waals surface area contributed by atoms with Crippen molar-refractivity contribution in [3.63, 3.8) is 0 Å². The second-order valence-corrected chi connectivity index (χ2v) is 9.74. The quantitative estimate of drug-likeness (QED) is 0.612. The van der Waals surface area contributed by atoms with Crippen molar-refractivity contribution >= 4 is 27.4 Å². The minimum atomic E-state index is -3.50. The van der Waals surface area contributed by atoms with Gasteiger partial charge in [0.15, 0.2) is 5.82 Å². The molecule has 0 bridgehead atoms. The number of nitrogens with zero attached hydrogens (tertiary/aromatic N) is 4. The average Bonchev–Trinajstić information content (AvgIpc) is 2.76. The fourth-order valence-electron chi connectivity index (χ4n) is 3.49. The number of anilines is 1. The first kappa shape index (κ1) is 20.8. The van der Waals surface area contributed by atoms with Gasteiger partial charge >= 0.3 is 0 Å². The summed E-state index contributed by atoms with van der Waals surface area (Å²) < 4.78 is 27.5. The number of piperazine rings is 1. The molecule has 1 fully saturated rings. The van der Waals surface area contributed by atoms with E-state index in [1.165, 1.54) is 0 Å². The van der Waals surface area contributed by atoms with Crippen LogP contribution in [0.5, 0.6) is 0 Å². The van der Waals surface area contributed by atoms with Crippen molar-refractivity contribution < 1.29 is 8.42 Å². The number of halogens is 1. The molecule has 1 aliphatic rings. The first-order valence-corrected chi connectivity index (χ1v) is 11.6. The minimum Gasteiger partial charge on any atom is -0.352 e. The SMILES string of the molecule is Cc1ccc(S(=O)(=O)N2CCN(c3ccc(-c4ccccc4Cl)nn3)CC2)cc1C. The standard InChI is InChI=1S/C22H23ClN4O2S/c1-16-7-8-18(15-17(16)2)30(28,29)27-13-11-26(12-14-27)22-10-9-21(24-25-22)19-5-3-4-6-20(19)23/h3-10,15H,11-14H2,1-2H3. The van der Waals surface area contributed by atoms with Crippen LogP contribution < -0.4 is 4.90 Å². The first-order chi connectivity index (χ1) is 14.4. The lowest BCUT2D eigenvalue weighted by atomic mass is 10.1. The molecule has 0 atom stereocenters. The molecule has 3 aromatic rings. The molecule has 1 aliphatic heterocycles. The van der Waals surface area contributed by atoms with Gasteiger partial charge in [-0.3, -0.25) is 0 Å². The van der Waals surface area contributed by atoms with Gasteiger partial charge in [0, 0.05) is 31.7 Å². The summed E-state index contributed by atoms with van der Waals surface area (Å²) in [5.74, 6) is 0.731. The molecule has 6 nitrogen and oxygen atoms in total. The van der Waals surface area contributed by atoms with Crippen LogP contribution in [0.15, 0.2) is 59.5 Å². The van der Waals surface area contributed by atoms with Gasteiger partial charge in [0.05, 0.1) is 15.6 Å². The van der Waals surface area contributed by atoms with Crippen molar-refractivity contribution in [1.82, 2.24) is 14.5 Å². The van der Waals surface area contributed by atoms with E-state index in [2.05, 4.69) is 15.1 Å². The van der Waals surface area contributed by atoms with Crippen LogP contribution in [0.4, 0.5) is 5.82 Å². The van der Waals surface area contributed by atoms with Crippen molar-refractivity contribution in [2.75, 3.05) is 31.1 Å². The second kappa shape index (κ2) is 8.34. The Morgan fingerprint density at radius 3 is 2.23 bits per heavy atom. The highest BCUT2D eigenvalue weighted by Gasteiger charge is 2.29. The van der Waals surface area contributed by atoms with Crippen molar-refractivity contribution in [2.45, 2.75) is 18.7 Å². The predicted octanol–water partition coefficient (Wildman–Crippen LogP) is 3.92. The van der Waals surface area contributed by atoms with Crippen LogP contribution in [-0.4, -0.2) is 49.1 Å². The average molecular weight is 443 g/mol. The highest BCUT2D eigenvalue weighted by molar-refractivity contribution is 7.89. The van der Waals surface area contributed by atoms with E-state index in [1.54, 1.807) is 16.4 Å². The highest BCUT2D eigenvalue weighted by Crippen LogP contribution is 2.27. The number of hydrogen-bond acceptors (Lipinski definition) is 5. The third-order valence-electron chi connectivity index (χ3n) is 5.48. The first-order valence-electron chi connectivity index (χ1n) is 9.77. The van der Waals surface area contributed by atoms with Gasteiger partial charge in [0.2, 0.25) is 10.0 Å². The normalized spacial score (nSPS) is 15.4. The van der Waals surface area contributed by atoms with Gasteiger partial charge in [-0.05, 0) is 55.3 Å². The lowest BCUT2D eigenvalue weighted by Crippen LogP contribution is -2.49. The van der Waals surface area contributed by atoms with Crippen LogP contribution >= 0.6 is 11.6 Å². The summed E-state index contributed by atoms with van der Waals surface area (Å²) in [5, 5.41) is 9.28. The van der Waals surface area contributed by atoms with Crippen molar-refractivity contribution in [2.24, 2.45) is 0 Å². The summed E-state index contributed by atoms with van der Waals surface area (Å²) in [4.78, 5) is 2.40. The van der Waals surface area contributed by atoms with Gasteiger partial charge in [-0.2, -0.15) is 4.31 Å². The van der Waals surface area contributed by atoms with Crippen LogP contribution in [0, 0.1) is 13.8 Å². The summed E-state index contributed by atoms with van der Waals surface area (Å²) in [7, 11) is -3.50. The maximum Gasteiger partial charge on any atom is 0.243 e. The van der Waals surface area contributed by atoms with E-state index in [0.29, 0.717) is 41.8 Å². The van der Waals surface area contributed by atoms with Gasteiger partial charge in [-0.25, -0.2) is 8.42 Å². The molecule has 30 heavy (non-hydrogen) atoms. The third kappa shape index (κ3) is 4.05. The van der Waals surface area contributed by atoms with E-state index in [9.17, 15) is 8.42 Å². The van der Waals surface area contributed by atoms with Crippen LogP contribution in [0.25, 0.3) is 11.3 Å². The molecule has 0 saturated carbocycles. The van der Waals surface area contributed by atoms with Gasteiger partial charge in [0.25, 0.3) is 0 Å². The lowest BCUT2D eigenvalue weighted by Gasteiger charge is -2.34. The molecule has 0 spiro atoms. The highest BCUT2D eigenvalue weighted by atomic mass is 35.5. The Hall–Kier alpha value is -2.48. The number of hydrogen-bond donors (Lipinski definition) is 0. The molecule has 2 aromatic carbocycles. The van der Waals surface area contributed by atoms with E-state index in [1.807, 2.05) is 56.3 Å². The molecule has 0 amide bonds. The van der Waals surface area contributed by atoms with E-state index in [4.69, 9.17) is 11.6 Å². The van der Waals surface area contributed by atoms with E-state index in [-0.39, 0.29) is 0 Å². The molecular formula is C22H23ClN4O2S. The number of rotatable bonds is 4. The van der Waals surface area contributed by atoms with Gasteiger partial charge in [-0.1, -0.05) is 35.9 Å². The van der Waals surface area contributed by atoms with Gasteiger partial charge < -0.3 is 4.90 Å². The molecule has 156 valence electrons. The van der Waals surface area contributed by atoms with Crippen LogP contribution in [0.3, 0.4) is 0 Å². The Morgan fingerprint density at radius 2 is 1.60 bits per heavy atom. The zero-order chi connectivity index (χ0) is 21.3. The second-order valence-electron chi connectivity index (χ2n) is 7.39. The van der Waals surface area contributed by atoms with E-state index in [0.717, 1.165) is 22.5 Å². The maximum atomic E-state index is 13.0. The molecule has 4 rings (SSSR count). The Kier molecular flexibility index (Phi) is 5.77. The number of aryl methyl sites for hydroxylation is 2. The van der Waals surface area contributed by atoms with Crippen molar-refractivity contribution in [3.8, 4) is 11.3 Å². The molecule has 0 N–H and O–H groups in total. The number of aromatic nitrogens is 2. The van der Waals surface area contributed by atoms with Crippen LogP contribution in [0.2, 0.25) is 5.02 Å². The van der Waals surface area contributed by atoms with Gasteiger partial charge in [-0.15, -0.1) is 10.2 Å². The maximum absolute atomic E-state index is 13.0. The predicted molar refractivity (Wildman–Crippen MR) is 119 cm³/mol. The summed E-state index contributed by atoms with van der Waals surface area (Å²) in [6.07, 6.45) is 0. The lowest BCUT2D eigenvalue weighted by molar-refractivity contribution is 0.383. The number of benzene rings is 2. The molecule has 0 unspecified atom stereocenters. The van der Waals surface area contributed by atoms with Crippen LogP contribution in [0.1, 0.15) is 11.1 Å². The Balaban J connectivity index is 1.45. The minimum absolute atomic E-state index is 0.350. The summed E-state index contributed by atoms with van der Waals surface area (Å²) in [5.41, 5.74) is 3.60. The van der Waals surface area contributed by atoms with Crippen molar-refractivity contribution in [1.29, 1.82) is 0 Å². The fraction of sp³-hybridized carbons (Fsp3) is 0.273. The Morgan fingerprint density at radius 1 is 0.867 bits per heavy atom. The third-order valence-corrected chi connectivity index (χ3v) is 7.70. The number of sulfonamides is 1. The Bertz CT molecular complexity index is 1160. The Labute approximate surface area is 182 Å². The van der Waals surface area contributed by atoms with E-state index < -0.39 is 10.0 Å². The summed E-state index contributed by atoms with van der Waals surface area (Å²) >= 11 is 6.23. The summed E-state index contributed by atoms with van der Waals surface area (Å²) in [6, 6.07) is 16.6. The molecule has 2 heterocycles. The monoisotopic (exact) mass is 442 g/mol. The van der Waals surface area contributed by atoms with Gasteiger partial charge in [0.1, 0.15) is 0 Å². The van der Waals surface area contributed by atoms with Crippen LogP contribution in [-0.2, 0) is 10.0 Å². The molecule has 0 radical (unpaired) electrons. The van der Waals surface area contributed by atoms with Crippen molar-refractivity contribution in [3.05, 3.63) is 70.7 Å². The van der Waals surface area contributed by atoms with E-state index >= 15 is 0 Å². The molecule has 1 aromatic heterocycles. The molecule has 0 aliphatic carbocycles. The fourth-order valence-corrected chi connectivity index (χ4v) is 5.23. The topological polar surface area (TPSA) is 66.4 Å². The molecular weight excluding hydrogens is 420 g/mol. The molecule has 8 heteroatoms. The smallest absolute Gasteiger partial charge is 0.243 e.